The van der Waals surface area contributed by atoms with Crippen molar-refractivity contribution in [2.45, 2.75) is 13.3 Å². The summed E-state index contributed by atoms with van der Waals surface area (Å²) in [6.07, 6.45) is 2.34. The van der Waals surface area contributed by atoms with Crippen LogP contribution in [0.5, 0.6) is 0 Å². The summed E-state index contributed by atoms with van der Waals surface area (Å²) >= 11 is 0. The Labute approximate surface area is 136 Å². The number of nitrogens with one attached hydrogen (secondary N) is 1. The van der Waals surface area contributed by atoms with Crippen LogP contribution < -0.4 is 15.1 Å². The summed E-state index contributed by atoms with van der Waals surface area (Å²) in [4.78, 5) is 20.5. The lowest BCUT2D eigenvalue weighted by atomic mass is 10.2. The zero-order valence-electron chi connectivity index (χ0n) is 13.4. The van der Waals surface area contributed by atoms with E-state index >= 15 is 0 Å². The van der Waals surface area contributed by atoms with E-state index in [9.17, 15) is 4.79 Å². The fourth-order valence-electron chi connectivity index (χ4n) is 2.74. The van der Waals surface area contributed by atoms with Crippen molar-refractivity contribution >= 4 is 23.1 Å². The minimum absolute atomic E-state index is 0.0433. The molecule has 0 bridgehead atoms. The Hall–Kier alpha value is -2.56. The Balaban J connectivity index is 1.58. The molecule has 0 unspecified atom stereocenters. The molecule has 0 radical (unpaired) electrons. The summed E-state index contributed by atoms with van der Waals surface area (Å²) in [5, 5.41) is 2.88. The third-order valence-corrected chi connectivity index (χ3v) is 4.09. The van der Waals surface area contributed by atoms with Gasteiger partial charge in [0.25, 0.3) is 0 Å². The molecule has 1 aromatic carbocycles. The predicted molar refractivity (Wildman–Crippen MR) is 94.0 cm³/mol. The topological polar surface area (TPSA) is 48.5 Å². The zero-order valence-corrected chi connectivity index (χ0v) is 13.4. The van der Waals surface area contributed by atoms with Crippen LogP contribution >= 0.6 is 0 Å². The van der Waals surface area contributed by atoms with E-state index in [1.54, 1.807) is 0 Å². The Morgan fingerprint density at radius 2 is 1.74 bits per heavy atom. The second kappa shape index (κ2) is 7.13. The highest BCUT2D eigenvalue weighted by atomic mass is 16.1. The van der Waals surface area contributed by atoms with Gasteiger partial charge in [0.15, 0.2) is 0 Å². The van der Waals surface area contributed by atoms with Gasteiger partial charge in [-0.1, -0.05) is 13.0 Å². The monoisotopic (exact) mass is 310 g/mol. The van der Waals surface area contributed by atoms with Crippen LogP contribution in [-0.2, 0) is 4.79 Å². The van der Waals surface area contributed by atoms with E-state index in [1.165, 1.54) is 5.69 Å². The fraction of sp³-hybridized carbons (Fsp3) is 0.333. The lowest BCUT2D eigenvalue weighted by Crippen LogP contribution is -2.46. The molecule has 1 aliphatic heterocycles. The summed E-state index contributed by atoms with van der Waals surface area (Å²) in [6, 6.07) is 14.1. The first-order chi connectivity index (χ1) is 11.3. The Morgan fingerprint density at radius 1 is 1.04 bits per heavy atom. The van der Waals surface area contributed by atoms with Crippen LogP contribution in [0.2, 0.25) is 0 Å². The van der Waals surface area contributed by atoms with Gasteiger partial charge in [-0.05, 0) is 36.4 Å². The maximum atomic E-state index is 11.4. The maximum absolute atomic E-state index is 11.4. The quantitative estimate of drug-likeness (QED) is 0.943. The molecule has 0 aliphatic carbocycles. The molecule has 5 nitrogen and oxygen atoms in total. The summed E-state index contributed by atoms with van der Waals surface area (Å²) in [6.45, 7) is 5.72. The van der Waals surface area contributed by atoms with Crippen LogP contribution in [0, 0.1) is 0 Å². The number of pyridine rings is 1. The van der Waals surface area contributed by atoms with Crippen molar-refractivity contribution in [2.75, 3.05) is 41.3 Å². The van der Waals surface area contributed by atoms with E-state index in [-0.39, 0.29) is 5.91 Å². The number of carbonyl (C=O) groups excluding carboxylic acids is 1. The molecule has 2 heterocycles. The van der Waals surface area contributed by atoms with Gasteiger partial charge in [-0.3, -0.25) is 4.79 Å². The molecule has 1 aromatic heterocycles. The summed E-state index contributed by atoms with van der Waals surface area (Å²) in [5.74, 6) is 1.09. The molecule has 0 saturated carbocycles. The Kier molecular flexibility index (Phi) is 4.76. The number of amides is 1. The molecule has 1 fully saturated rings. The maximum Gasteiger partial charge on any atom is 0.224 e. The third-order valence-electron chi connectivity index (χ3n) is 4.09. The van der Waals surface area contributed by atoms with Gasteiger partial charge in [-0.2, -0.15) is 0 Å². The third kappa shape index (κ3) is 3.80. The lowest BCUT2D eigenvalue weighted by Gasteiger charge is -2.36. The Morgan fingerprint density at radius 3 is 2.35 bits per heavy atom. The first-order valence-corrected chi connectivity index (χ1v) is 8.07. The Bertz CT molecular complexity index is 634. The molecule has 1 N–H and O–H groups in total. The minimum atomic E-state index is 0.0433. The van der Waals surface area contributed by atoms with Gasteiger partial charge in [0.05, 0.1) is 0 Å². The highest BCUT2D eigenvalue weighted by Gasteiger charge is 2.18. The molecule has 2 aromatic rings. The molecular weight excluding hydrogens is 288 g/mol. The molecule has 120 valence electrons. The van der Waals surface area contributed by atoms with E-state index in [0.29, 0.717) is 6.42 Å². The van der Waals surface area contributed by atoms with Crippen LogP contribution in [0.3, 0.4) is 0 Å². The number of rotatable bonds is 4. The van der Waals surface area contributed by atoms with Crippen molar-refractivity contribution in [3.8, 4) is 0 Å². The van der Waals surface area contributed by atoms with Crippen LogP contribution in [0.4, 0.5) is 17.2 Å². The van der Waals surface area contributed by atoms with Gasteiger partial charge in [0.1, 0.15) is 5.82 Å². The molecule has 1 saturated heterocycles. The largest absolute Gasteiger partial charge is 0.368 e. The fourth-order valence-corrected chi connectivity index (χ4v) is 2.74. The number of benzene rings is 1. The van der Waals surface area contributed by atoms with Crippen LogP contribution in [-0.4, -0.2) is 37.1 Å². The molecule has 1 aliphatic rings. The van der Waals surface area contributed by atoms with E-state index in [0.717, 1.165) is 37.7 Å². The van der Waals surface area contributed by atoms with Crippen LogP contribution in [0.1, 0.15) is 13.3 Å². The average molecular weight is 310 g/mol. The molecule has 0 atom stereocenters. The molecular formula is C18H22N4O. The lowest BCUT2D eigenvalue weighted by molar-refractivity contribution is -0.115. The van der Waals surface area contributed by atoms with Gasteiger partial charge in [0.2, 0.25) is 5.91 Å². The van der Waals surface area contributed by atoms with Crippen molar-refractivity contribution in [1.29, 1.82) is 0 Å². The van der Waals surface area contributed by atoms with E-state index in [4.69, 9.17) is 0 Å². The summed E-state index contributed by atoms with van der Waals surface area (Å²) in [5.41, 5.74) is 2.05. The minimum Gasteiger partial charge on any atom is -0.368 e. The van der Waals surface area contributed by atoms with Crippen molar-refractivity contribution in [1.82, 2.24) is 4.98 Å². The number of carbonyl (C=O) groups is 1. The molecule has 5 heteroatoms. The molecule has 3 rings (SSSR count). The average Bonchev–Trinajstić information content (AvgIpc) is 2.63. The normalized spacial score (nSPS) is 14.7. The number of hydrogen-bond donors (Lipinski definition) is 1. The van der Waals surface area contributed by atoms with E-state index < -0.39 is 0 Å². The first-order valence-electron chi connectivity index (χ1n) is 8.07. The second-order valence-corrected chi connectivity index (χ2v) is 5.61. The van der Waals surface area contributed by atoms with Crippen LogP contribution in [0.15, 0.2) is 48.7 Å². The number of aromatic nitrogens is 1. The van der Waals surface area contributed by atoms with Gasteiger partial charge >= 0.3 is 0 Å². The standard InChI is InChI=1S/C18H22N4O/c1-2-18(23)20-15-6-8-16(9-7-15)21-11-13-22(14-12-21)17-5-3-4-10-19-17/h3-10H,2,11-14H2,1H3,(H,20,23). The van der Waals surface area contributed by atoms with Gasteiger partial charge in [0, 0.05) is 50.2 Å². The number of anilines is 3. The predicted octanol–water partition coefficient (Wildman–Crippen LogP) is 2.76. The molecule has 23 heavy (non-hydrogen) atoms. The van der Waals surface area contributed by atoms with E-state index in [1.807, 2.05) is 37.4 Å². The zero-order chi connectivity index (χ0) is 16.1. The number of hydrogen-bond acceptors (Lipinski definition) is 4. The van der Waals surface area contributed by atoms with Gasteiger partial charge in [-0.15, -0.1) is 0 Å². The summed E-state index contributed by atoms with van der Waals surface area (Å²) < 4.78 is 0. The second-order valence-electron chi connectivity index (χ2n) is 5.61. The van der Waals surface area contributed by atoms with Crippen molar-refractivity contribution < 1.29 is 4.79 Å². The van der Waals surface area contributed by atoms with Crippen molar-refractivity contribution in [3.05, 3.63) is 48.7 Å². The molecule has 1 amide bonds. The van der Waals surface area contributed by atoms with Gasteiger partial charge < -0.3 is 15.1 Å². The molecule has 0 spiro atoms. The van der Waals surface area contributed by atoms with E-state index in [2.05, 4.69) is 38.3 Å². The van der Waals surface area contributed by atoms with Crippen molar-refractivity contribution in [2.24, 2.45) is 0 Å². The highest BCUT2D eigenvalue weighted by molar-refractivity contribution is 5.90. The van der Waals surface area contributed by atoms with Crippen molar-refractivity contribution in [3.63, 3.8) is 0 Å². The smallest absolute Gasteiger partial charge is 0.224 e. The number of piperazine rings is 1. The first kappa shape index (κ1) is 15.3. The SMILES string of the molecule is CCC(=O)Nc1ccc(N2CCN(c3ccccn3)CC2)cc1. The van der Waals surface area contributed by atoms with Gasteiger partial charge in [-0.25, -0.2) is 4.98 Å². The van der Waals surface area contributed by atoms with Crippen LogP contribution in [0.25, 0.3) is 0 Å². The summed E-state index contributed by atoms with van der Waals surface area (Å²) in [7, 11) is 0. The highest BCUT2D eigenvalue weighted by Crippen LogP contribution is 2.21. The number of nitrogens with zero attached hydrogens (tertiary/aromatic N) is 3.